The molecular formula is C10H15FN2O2S. The van der Waals surface area contributed by atoms with Crippen LogP contribution in [-0.2, 0) is 16.8 Å². The fraction of sp³-hybridized carbons (Fsp3) is 0.400. The summed E-state index contributed by atoms with van der Waals surface area (Å²) in [5.41, 5.74) is 1.23. The molecule has 0 aliphatic heterocycles. The lowest BCUT2D eigenvalue weighted by Gasteiger charge is -2.12. The van der Waals surface area contributed by atoms with Crippen LogP contribution in [0.1, 0.15) is 11.1 Å². The molecule has 0 bridgehead atoms. The third-order valence-corrected chi connectivity index (χ3v) is 3.63. The molecule has 0 radical (unpaired) electrons. The van der Waals surface area contributed by atoms with Crippen molar-refractivity contribution in [1.82, 2.24) is 9.03 Å². The van der Waals surface area contributed by atoms with E-state index in [1.807, 2.05) is 0 Å². The first-order chi connectivity index (χ1) is 7.33. The van der Waals surface area contributed by atoms with Gasteiger partial charge in [-0.2, -0.15) is 17.4 Å². The Balaban J connectivity index is 2.73. The van der Waals surface area contributed by atoms with Crippen LogP contribution in [-0.4, -0.2) is 26.8 Å². The number of nitrogens with one attached hydrogen (secondary N) is 1. The van der Waals surface area contributed by atoms with Crippen molar-refractivity contribution in [1.29, 1.82) is 0 Å². The van der Waals surface area contributed by atoms with Gasteiger partial charge in [0.25, 0.3) is 10.2 Å². The van der Waals surface area contributed by atoms with Crippen LogP contribution >= 0.6 is 0 Å². The Hall–Kier alpha value is -0.980. The highest BCUT2D eigenvalue weighted by Crippen LogP contribution is 2.09. The van der Waals surface area contributed by atoms with Crippen LogP contribution in [0, 0.1) is 12.7 Å². The third kappa shape index (κ3) is 3.26. The molecule has 0 aliphatic carbocycles. The number of halogens is 1. The average molecular weight is 246 g/mol. The second kappa shape index (κ2) is 4.90. The normalized spacial score (nSPS) is 12.1. The minimum absolute atomic E-state index is 0.154. The summed E-state index contributed by atoms with van der Waals surface area (Å²) in [5, 5.41) is 0. The average Bonchev–Trinajstić information content (AvgIpc) is 2.20. The van der Waals surface area contributed by atoms with Crippen LogP contribution in [0.3, 0.4) is 0 Å². The minimum Gasteiger partial charge on any atom is -0.207 e. The van der Waals surface area contributed by atoms with Gasteiger partial charge in [0.1, 0.15) is 5.82 Å². The number of hydrogen-bond acceptors (Lipinski definition) is 2. The van der Waals surface area contributed by atoms with Crippen LogP contribution < -0.4 is 4.72 Å². The fourth-order valence-electron chi connectivity index (χ4n) is 1.12. The van der Waals surface area contributed by atoms with Crippen molar-refractivity contribution in [3.8, 4) is 0 Å². The minimum atomic E-state index is -3.43. The van der Waals surface area contributed by atoms with Crippen LogP contribution in [0.4, 0.5) is 4.39 Å². The summed E-state index contributed by atoms with van der Waals surface area (Å²) in [6, 6.07) is 4.50. The fourth-order valence-corrected chi connectivity index (χ4v) is 1.73. The lowest BCUT2D eigenvalue weighted by Crippen LogP contribution is -2.35. The summed E-state index contributed by atoms with van der Waals surface area (Å²) in [7, 11) is -0.544. The van der Waals surface area contributed by atoms with E-state index in [-0.39, 0.29) is 12.4 Å². The van der Waals surface area contributed by atoms with Crippen molar-refractivity contribution < 1.29 is 12.8 Å². The first-order valence-electron chi connectivity index (χ1n) is 4.75. The van der Waals surface area contributed by atoms with E-state index in [1.165, 1.54) is 20.2 Å². The van der Waals surface area contributed by atoms with E-state index >= 15 is 0 Å². The molecular weight excluding hydrogens is 231 g/mol. The van der Waals surface area contributed by atoms with Gasteiger partial charge in [0.15, 0.2) is 0 Å². The Morgan fingerprint density at radius 3 is 2.50 bits per heavy atom. The molecule has 0 aromatic heterocycles. The van der Waals surface area contributed by atoms with Crippen molar-refractivity contribution >= 4 is 10.2 Å². The highest BCUT2D eigenvalue weighted by Gasteiger charge is 2.12. The van der Waals surface area contributed by atoms with Crippen molar-refractivity contribution in [2.45, 2.75) is 13.5 Å². The van der Waals surface area contributed by atoms with Gasteiger partial charge in [0.2, 0.25) is 0 Å². The zero-order chi connectivity index (χ0) is 12.3. The lowest BCUT2D eigenvalue weighted by atomic mass is 10.1. The van der Waals surface area contributed by atoms with Gasteiger partial charge < -0.3 is 0 Å². The largest absolute Gasteiger partial charge is 0.279 e. The Kier molecular flexibility index (Phi) is 4.01. The van der Waals surface area contributed by atoms with E-state index in [2.05, 4.69) is 4.72 Å². The van der Waals surface area contributed by atoms with Crippen LogP contribution in [0.15, 0.2) is 18.2 Å². The Morgan fingerprint density at radius 1 is 1.38 bits per heavy atom. The van der Waals surface area contributed by atoms with Gasteiger partial charge in [-0.3, -0.25) is 0 Å². The molecule has 1 rings (SSSR count). The number of rotatable bonds is 4. The number of aryl methyl sites for hydroxylation is 1. The van der Waals surface area contributed by atoms with E-state index in [1.54, 1.807) is 19.1 Å². The molecule has 1 N–H and O–H groups in total. The molecule has 1 aromatic carbocycles. The first-order valence-corrected chi connectivity index (χ1v) is 6.19. The van der Waals surface area contributed by atoms with Crippen LogP contribution in [0.2, 0.25) is 0 Å². The van der Waals surface area contributed by atoms with Crippen molar-refractivity contribution in [3.63, 3.8) is 0 Å². The van der Waals surface area contributed by atoms with E-state index in [0.717, 1.165) is 9.87 Å². The molecule has 0 spiro atoms. The van der Waals surface area contributed by atoms with Gasteiger partial charge in [0, 0.05) is 20.6 Å². The first kappa shape index (κ1) is 13.1. The molecule has 0 saturated heterocycles. The molecule has 0 heterocycles. The summed E-state index contributed by atoms with van der Waals surface area (Å²) in [5.74, 6) is -0.292. The molecule has 90 valence electrons. The maximum absolute atomic E-state index is 13.0. The lowest BCUT2D eigenvalue weighted by molar-refractivity contribution is 0.505. The third-order valence-electron chi connectivity index (χ3n) is 2.16. The molecule has 6 heteroatoms. The molecule has 0 fully saturated rings. The summed E-state index contributed by atoms with van der Waals surface area (Å²) in [4.78, 5) is 0. The highest BCUT2D eigenvalue weighted by molar-refractivity contribution is 7.87. The summed E-state index contributed by atoms with van der Waals surface area (Å²) in [6.45, 7) is 1.79. The number of hydrogen-bond donors (Lipinski definition) is 1. The number of benzene rings is 1. The van der Waals surface area contributed by atoms with Gasteiger partial charge >= 0.3 is 0 Å². The van der Waals surface area contributed by atoms with E-state index < -0.39 is 10.2 Å². The molecule has 0 unspecified atom stereocenters. The predicted octanol–water partition coefficient (Wildman–Crippen LogP) is 1.03. The van der Waals surface area contributed by atoms with Crippen molar-refractivity contribution in [3.05, 3.63) is 35.1 Å². The van der Waals surface area contributed by atoms with Crippen LogP contribution in [0.25, 0.3) is 0 Å². The maximum atomic E-state index is 13.0. The SMILES string of the molecule is Cc1cc(CNS(=O)(=O)N(C)C)ccc1F. The van der Waals surface area contributed by atoms with Gasteiger partial charge in [-0.1, -0.05) is 12.1 Å². The second-order valence-corrected chi connectivity index (χ2v) is 5.66. The zero-order valence-electron chi connectivity index (χ0n) is 9.49. The topological polar surface area (TPSA) is 49.4 Å². The highest BCUT2D eigenvalue weighted by atomic mass is 32.2. The number of nitrogens with zero attached hydrogens (tertiary/aromatic N) is 1. The van der Waals surface area contributed by atoms with Gasteiger partial charge in [-0.05, 0) is 24.1 Å². The molecule has 16 heavy (non-hydrogen) atoms. The molecule has 0 atom stereocenters. The molecule has 4 nitrogen and oxygen atoms in total. The standard InChI is InChI=1S/C10H15FN2O2S/c1-8-6-9(4-5-10(8)11)7-12-16(14,15)13(2)3/h4-6,12H,7H2,1-3H3. The Bertz CT molecular complexity index is 472. The molecule has 0 aliphatic rings. The smallest absolute Gasteiger partial charge is 0.207 e. The Morgan fingerprint density at radius 2 is 2.00 bits per heavy atom. The summed E-state index contributed by atoms with van der Waals surface area (Å²) >= 11 is 0. The monoisotopic (exact) mass is 246 g/mol. The quantitative estimate of drug-likeness (QED) is 0.862. The molecule has 1 aromatic rings. The van der Waals surface area contributed by atoms with Gasteiger partial charge in [-0.15, -0.1) is 0 Å². The van der Waals surface area contributed by atoms with E-state index in [9.17, 15) is 12.8 Å². The second-order valence-electron chi connectivity index (χ2n) is 3.69. The van der Waals surface area contributed by atoms with Crippen molar-refractivity contribution in [2.75, 3.05) is 14.1 Å². The zero-order valence-corrected chi connectivity index (χ0v) is 10.3. The van der Waals surface area contributed by atoms with E-state index in [0.29, 0.717) is 5.56 Å². The van der Waals surface area contributed by atoms with Gasteiger partial charge in [-0.25, -0.2) is 4.39 Å². The maximum Gasteiger partial charge on any atom is 0.279 e. The Labute approximate surface area is 95.3 Å². The van der Waals surface area contributed by atoms with Gasteiger partial charge in [0.05, 0.1) is 0 Å². The molecule has 0 amide bonds. The predicted molar refractivity (Wildman–Crippen MR) is 60.6 cm³/mol. The van der Waals surface area contributed by atoms with Crippen molar-refractivity contribution in [2.24, 2.45) is 0 Å². The summed E-state index contributed by atoms with van der Waals surface area (Å²) in [6.07, 6.45) is 0. The van der Waals surface area contributed by atoms with Crippen LogP contribution in [0.5, 0.6) is 0 Å². The summed E-state index contributed by atoms with van der Waals surface area (Å²) < 4.78 is 39.2. The molecule has 0 saturated carbocycles. The van der Waals surface area contributed by atoms with E-state index in [4.69, 9.17) is 0 Å².